The lowest BCUT2D eigenvalue weighted by Crippen LogP contribution is -2.14. The molecule has 0 fully saturated rings. The monoisotopic (exact) mass is 577 g/mol. The van der Waals surface area contributed by atoms with Crippen molar-refractivity contribution in [3.8, 4) is 22.3 Å². The van der Waals surface area contributed by atoms with Crippen LogP contribution in [0.1, 0.15) is 25.0 Å². The Morgan fingerprint density at radius 3 is 1.98 bits per heavy atom. The fraction of sp³-hybridized carbons (Fsp3) is 0.0698. The summed E-state index contributed by atoms with van der Waals surface area (Å²) in [5.41, 5.74) is 12.9. The molecule has 45 heavy (non-hydrogen) atoms. The van der Waals surface area contributed by atoms with Gasteiger partial charge in [-0.1, -0.05) is 105 Å². The number of nitrogens with zero attached hydrogens (tertiary/aromatic N) is 1. The highest BCUT2D eigenvalue weighted by Crippen LogP contribution is 2.50. The SMILES string of the molecule is CC1(C)c2ccccc2-c2cc3cc(N(c4ccc(-c5ccccc5)cc4)c4ccc5c(c4)oc4ccccc45)ccc3cc21. The molecule has 1 heterocycles. The quantitative estimate of drug-likeness (QED) is 0.207. The van der Waals surface area contributed by atoms with Gasteiger partial charge in [-0.25, -0.2) is 0 Å². The van der Waals surface area contributed by atoms with E-state index >= 15 is 0 Å². The summed E-state index contributed by atoms with van der Waals surface area (Å²) in [4.78, 5) is 2.34. The smallest absolute Gasteiger partial charge is 0.137 e. The molecule has 1 aliphatic carbocycles. The number of rotatable bonds is 4. The second-order valence-electron chi connectivity index (χ2n) is 12.6. The summed E-state index contributed by atoms with van der Waals surface area (Å²) in [5.74, 6) is 0. The van der Waals surface area contributed by atoms with Gasteiger partial charge in [0.05, 0.1) is 0 Å². The van der Waals surface area contributed by atoms with Gasteiger partial charge in [-0.15, -0.1) is 0 Å². The zero-order valence-electron chi connectivity index (χ0n) is 25.3. The molecule has 0 saturated heterocycles. The lowest BCUT2D eigenvalue weighted by atomic mass is 9.82. The van der Waals surface area contributed by atoms with Crippen molar-refractivity contribution in [1.29, 1.82) is 0 Å². The van der Waals surface area contributed by atoms with E-state index in [0.717, 1.165) is 39.0 Å². The minimum atomic E-state index is -0.0205. The van der Waals surface area contributed by atoms with Gasteiger partial charge in [-0.2, -0.15) is 0 Å². The van der Waals surface area contributed by atoms with E-state index < -0.39 is 0 Å². The molecule has 214 valence electrons. The minimum Gasteiger partial charge on any atom is -0.456 e. The first-order valence-electron chi connectivity index (χ1n) is 15.6. The average Bonchev–Trinajstić information content (AvgIpc) is 3.56. The van der Waals surface area contributed by atoms with E-state index in [2.05, 4.69) is 158 Å². The zero-order chi connectivity index (χ0) is 30.1. The topological polar surface area (TPSA) is 16.4 Å². The van der Waals surface area contributed by atoms with Crippen molar-refractivity contribution < 1.29 is 4.42 Å². The van der Waals surface area contributed by atoms with E-state index in [1.807, 2.05) is 12.1 Å². The van der Waals surface area contributed by atoms with E-state index in [4.69, 9.17) is 4.42 Å². The molecule has 0 saturated carbocycles. The molecule has 0 amide bonds. The number of para-hydroxylation sites is 1. The molecular formula is C43H31NO. The van der Waals surface area contributed by atoms with Crippen molar-refractivity contribution in [3.63, 3.8) is 0 Å². The van der Waals surface area contributed by atoms with Crippen molar-refractivity contribution in [2.24, 2.45) is 0 Å². The van der Waals surface area contributed by atoms with Gasteiger partial charge >= 0.3 is 0 Å². The fourth-order valence-electron chi connectivity index (χ4n) is 7.31. The molecule has 2 nitrogen and oxygen atoms in total. The Morgan fingerprint density at radius 2 is 1.11 bits per heavy atom. The van der Waals surface area contributed by atoms with Gasteiger partial charge < -0.3 is 9.32 Å². The molecule has 9 rings (SSSR count). The molecule has 0 unspecified atom stereocenters. The van der Waals surface area contributed by atoms with Crippen molar-refractivity contribution in [2.75, 3.05) is 4.90 Å². The Morgan fingerprint density at radius 1 is 0.444 bits per heavy atom. The highest BCUT2D eigenvalue weighted by Gasteiger charge is 2.35. The van der Waals surface area contributed by atoms with Crippen LogP contribution in [0.15, 0.2) is 156 Å². The summed E-state index contributed by atoms with van der Waals surface area (Å²) in [5, 5.41) is 4.75. The van der Waals surface area contributed by atoms with Gasteiger partial charge in [0.25, 0.3) is 0 Å². The van der Waals surface area contributed by atoms with Gasteiger partial charge in [-0.05, 0) is 98.8 Å². The maximum Gasteiger partial charge on any atom is 0.137 e. The normalized spacial score (nSPS) is 13.3. The Balaban J connectivity index is 1.22. The predicted molar refractivity (Wildman–Crippen MR) is 189 cm³/mol. The van der Waals surface area contributed by atoms with Gasteiger partial charge in [-0.3, -0.25) is 0 Å². The Kier molecular flexibility index (Phi) is 5.58. The first kappa shape index (κ1) is 25.9. The van der Waals surface area contributed by atoms with Crippen LogP contribution in [0.5, 0.6) is 0 Å². The third kappa shape index (κ3) is 4.03. The van der Waals surface area contributed by atoms with Gasteiger partial charge in [0.2, 0.25) is 0 Å². The van der Waals surface area contributed by atoms with Crippen LogP contribution in [0.2, 0.25) is 0 Å². The van der Waals surface area contributed by atoms with Gasteiger partial charge in [0.15, 0.2) is 0 Å². The van der Waals surface area contributed by atoms with Crippen molar-refractivity contribution in [1.82, 2.24) is 0 Å². The first-order valence-corrected chi connectivity index (χ1v) is 15.6. The lowest BCUT2D eigenvalue weighted by molar-refractivity contribution is 0.661. The summed E-state index contributed by atoms with van der Waals surface area (Å²) >= 11 is 0. The van der Waals surface area contributed by atoms with Crippen molar-refractivity contribution in [2.45, 2.75) is 19.3 Å². The molecule has 0 atom stereocenters. The number of hydrogen-bond acceptors (Lipinski definition) is 2. The molecule has 0 N–H and O–H groups in total. The van der Waals surface area contributed by atoms with Gasteiger partial charge in [0.1, 0.15) is 11.2 Å². The largest absolute Gasteiger partial charge is 0.456 e. The molecule has 1 aliphatic rings. The Hall–Kier alpha value is -5.60. The highest BCUT2D eigenvalue weighted by molar-refractivity contribution is 6.06. The van der Waals surface area contributed by atoms with Crippen LogP contribution < -0.4 is 4.90 Å². The maximum atomic E-state index is 6.34. The molecule has 1 aromatic heterocycles. The van der Waals surface area contributed by atoms with E-state index in [0.29, 0.717) is 0 Å². The third-order valence-corrected chi connectivity index (χ3v) is 9.64. The molecule has 0 radical (unpaired) electrons. The summed E-state index contributed by atoms with van der Waals surface area (Å²) in [7, 11) is 0. The first-order chi connectivity index (χ1) is 22.0. The van der Waals surface area contributed by atoms with Crippen LogP contribution in [0, 0.1) is 0 Å². The van der Waals surface area contributed by atoms with E-state index in [1.54, 1.807) is 0 Å². The second kappa shape index (κ2) is 9.70. The molecule has 8 aromatic rings. The van der Waals surface area contributed by atoms with Crippen molar-refractivity contribution >= 4 is 49.8 Å². The number of furan rings is 1. The average molecular weight is 578 g/mol. The summed E-state index contributed by atoms with van der Waals surface area (Å²) < 4.78 is 6.34. The second-order valence-corrected chi connectivity index (χ2v) is 12.6. The molecule has 2 heteroatoms. The Bertz CT molecular complexity index is 2400. The van der Waals surface area contributed by atoms with Crippen LogP contribution >= 0.6 is 0 Å². The lowest BCUT2D eigenvalue weighted by Gasteiger charge is -2.26. The zero-order valence-corrected chi connectivity index (χ0v) is 25.3. The maximum absolute atomic E-state index is 6.34. The molecule has 0 spiro atoms. The van der Waals surface area contributed by atoms with Crippen LogP contribution in [0.25, 0.3) is 55.0 Å². The van der Waals surface area contributed by atoms with Crippen molar-refractivity contribution in [3.05, 3.63) is 163 Å². The van der Waals surface area contributed by atoms with Crippen LogP contribution in [-0.4, -0.2) is 0 Å². The number of hydrogen-bond donors (Lipinski definition) is 0. The van der Waals surface area contributed by atoms with E-state index in [9.17, 15) is 0 Å². The molecule has 0 bridgehead atoms. The predicted octanol–water partition coefficient (Wildman–Crippen LogP) is 12.2. The third-order valence-electron chi connectivity index (χ3n) is 9.64. The van der Waals surface area contributed by atoms with E-state index in [-0.39, 0.29) is 5.41 Å². The van der Waals surface area contributed by atoms with Gasteiger partial charge in [0, 0.05) is 39.3 Å². The summed E-state index contributed by atoms with van der Waals surface area (Å²) in [6.45, 7) is 4.68. The van der Waals surface area contributed by atoms with Crippen LogP contribution in [-0.2, 0) is 5.41 Å². The number of fused-ring (bicyclic) bond motifs is 7. The standard InChI is InChI=1S/C43H31NO/c1-43(2)39-14-8-6-12-35(39)38-25-31-24-33(21-18-30(31)26-40(38)43)44(32-19-16-29(17-20-32)28-10-4-3-5-11-28)34-22-23-37-36-13-7-9-15-41(36)45-42(37)27-34/h3-27H,1-2H3. The molecule has 0 aliphatic heterocycles. The highest BCUT2D eigenvalue weighted by atomic mass is 16.3. The Labute approximate surface area is 262 Å². The van der Waals surface area contributed by atoms with Crippen LogP contribution in [0.4, 0.5) is 17.1 Å². The summed E-state index contributed by atoms with van der Waals surface area (Å²) in [6, 6.07) is 54.7. The molecular weight excluding hydrogens is 546 g/mol. The number of benzene rings is 7. The summed E-state index contributed by atoms with van der Waals surface area (Å²) in [6.07, 6.45) is 0. The number of anilines is 3. The minimum absolute atomic E-state index is 0.0205. The van der Waals surface area contributed by atoms with Crippen LogP contribution in [0.3, 0.4) is 0 Å². The molecule has 7 aromatic carbocycles. The van der Waals surface area contributed by atoms with E-state index in [1.165, 1.54) is 44.2 Å². The fourth-order valence-corrected chi connectivity index (χ4v) is 7.31.